The summed E-state index contributed by atoms with van der Waals surface area (Å²) in [4.78, 5) is 31.0. The number of aromatic nitrogens is 1. The summed E-state index contributed by atoms with van der Waals surface area (Å²) in [6.45, 7) is 6.71. The fourth-order valence-corrected chi connectivity index (χ4v) is 2.79. The molecule has 2 rings (SSSR count). The summed E-state index contributed by atoms with van der Waals surface area (Å²) in [6.07, 6.45) is 1.55. The van der Waals surface area contributed by atoms with Gasteiger partial charge in [0.05, 0.1) is 12.2 Å². The number of carbonyl (C=O) groups is 2. The molecule has 2 heterocycles. The average Bonchev–Trinajstić information content (AvgIpc) is 2.59. The lowest BCUT2D eigenvalue weighted by atomic mass is 9.91. The van der Waals surface area contributed by atoms with Crippen molar-refractivity contribution in [3.8, 4) is 0 Å². The molecule has 1 fully saturated rings. The molecule has 0 spiro atoms. The Morgan fingerprint density at radius 2 is 2.00 bits per heavy atom. The third-order valence-corrected chi connectivity index (χ3v) is 4.19. The summed E-state index contributed by atoms with van der Waals surface area (Å²) in [6, 6.07) is 5.79. The summed E-state index contributed by atoms with van der Waals surface area (Å²) in [5.74, 6) is -0.0478. The van der Waals surface area contributed by atoms with Gasteiger partial charge in [-0.15, -0.1) is 0 Å². The minimum Gasteiger partial charge on any atom is -0.342 e. The predicted molar refractivity (Wildman–Crippen MR) is 80.5 cm³/mol. The Bertz CT molecular complexity index is 538. The van der Waals surface area contributed by atoms with Crippen molar-refractivity contribution in [1.82, 2.24) is 15.2 Å². The number of amides is 2. The topological polar surface area (TPSA) is 62.3 Å². The number of hydrogen-bond acceptors (Lipinski definition) is 3. The molecule has 5 heteroatoms. The van der Waals surface area contributed by atoms with Gasteiger partial charge < -0.3 is 10.2 Å². The van der Waals surface area contributed by atoms with Crippen LogP contribution in [0.1, 0.15) is 44.5 Å². The van der Waals surface area contributed by atoms with Crippen molar-refractivity contribution in [2.24, 2.45) is 0 Å². The molecule has 0 saturated carbocycles. The van der Waals surface area contributed by atoms with Crippen LogP contribution in [-0.4, -0.2) is 33.8 Å². The lowest BCUT2D eigenvalue weighted by molar-refractivity contribution is -0.139. The molecule has 0 atom stereocenters. The van der Waals surface area contributed by atoms with Crippen LogP contribution in [0, 0.1) is 6.92 Å². The van der Waals surface area contributed by atoms with Gasteiger partial charge in [-0.05, 0) is 31.9 Å². The molecule has 21 heavy (non-hydrogen) atoms. The fraction of sp³-hybridized carbons (Fsp3) is 0.562. The number of carbonyl (C=O) groups excluding carboxylic acids is 2. The van der Waals surface area contributed by atoms with Crippen molar-refractivity contribution in [1.29, 1.82) is 0 Å². The van der Waals surface area contributed by atoms with Gasteiger partial charge in [0.25, 0.3) is 0 Å². The summed E-state index contributed by atoms with van der Waals surface area (Å²) < 4.78 is 0. The van der Waals surface area contributed by atoms with Gasteiger partial charge >= 0.3 is 0 Å². The molecule has 0 radical (unpaired) electrons. The molecule has 0 unspecified atom stereocenters. The molecule has 1 aliphatic heterocycles. The van der Waals surface area contributed by atoms with Crippen LogP contribution in [-0.2, 0) is 16.1 Å². The molecule has 5 nitrogen and oxygen atoms in total. The first-order chi connectivity index (χ1) is 10.0. The first-order valence-corrected chi connectivity index (χ1v) is 7.53. The molecule has 0 bridgehead atoms. The Hall–Kier alpha value is -1.91. The van der Waals surface area contributed by atoms with E-state index in [1.807, 2.05) is 39.0 Å². The molecule has 1 aliphatic rings. The Morgan fingerprint density at radius 3 is 2.62 bits per heavy atom. The SMILES string of the molecule is CCC1(CC)NC(=O)CCN(Cc2cccc(C)n2)C1=O. The monoisotopic (exact) mass is 289 g/mol. The maximum absolute atomic E-state index is 12.8. The van der Waals surface area contributed by atoms with Crippen molar-refractivity contribution in [2.75, 3.05) is 6.54 Å². The van der Waals surface area contributed by atoms with E-state index in [-0.39, 0.29) is 11.8 Å². The Kier molecular flexibility index (Phi) is 4.60. The number of nitrogens with zero attached hydrogens (tertiary/aromatic N) is 2. The van der Waals surface area contributed by atoms with Crippen molar-refractivity contribution in [3.63, 3.8) is 0 Å². The molecule has 1 aromatic heterocycles. The van der Waals surface area contributed by atoms with Crippen LogP contribution in [0.4, 0.5) is 0 Å². The van der Waals surface area contributed by atoms with Crippen LogP contribution < -0.4 is 5.32 Å². The van der Waals surface area contributed by atoms with Gasteiger partial charge in [-0.3, -0.25) is 14.6 Å². The van der Waals surface area contributed by atoms with E-state index in [9.17, 15) is 9.59 Å². The fourth-order valence-electron chi connectivity index (χ4n) is 2.79. The van der Waals surface area contributed by atoms with Crippen LogP contribution in [0.15, 0.2) is 18.2 Å². The van der Waals surface area contributed by atoms with E-state index < -0.39 is 5.54 Å². The maximum atomic E-state index is 12.8. The van der Waals surface area contributed by atoms with E-state index in [4.69, 9.17) is 0 Å². The maximum Gasteiger partial charge on any atom is 0.248 e. The van der Waals surface area contributed by atoms with E-state index >= 15 is 0 Å². The second-order valence-electron chi connectivity index (χ2n) is 5.58. The van der Waals surface area contributed by atoms with Crippen LogP contribution in [0.5, 0.6) is 0 Å². The second-order valence-corrected chi connectivity index (χ2v) is 5.58. The number of hydrogen-bond donors (Lipinski definition) is 1. The normalized spacial score (nSPS) is 18.3. The highest BCUT2D eigenvalue weighted by Gasteiger charge is 2.41. The molecule has 1 aromatic rings. The molecule has 114 valence electrons. The third-order valence-electron chi connectivity index (χ3n) is 4.19. The van der Waals surface area contributed by atoms with Crippen LogP contribution in [0.2, 0.25) is 0 Å². The van der Waals surface area contributed by atoms with E-state index in [1.54, 1.807) is 4.90 Å². The minimum atomic E-state index is -0.766. The molecule has 2 amide bonds. The zero-order valence-electron chi connectivity index (χ0n) is 13.0. The van der Waals surface area contributed by atoms with Gasteiger partial charge in [-0.25, -0.2) is 0 Å². The zero-order chi connectivity index (χ0) is 15.5. The van der Waals surface area contributed by atoms with Gasteiger partial charge in [-0.1, -0.05) is 19.9 Å². The highest BCUT2D eigenvalue weighted by atomic mass is 16.2. The highest BCUT2D eigenvalue weighted by Crippen LogP contribution is 2.23. The summed E-state index contributed by atoms with van der Waals surface area (Å²) in [5.41, 5.74) is 1.03. The van der Waals surface area contributed by atoms with Crippen molar-refractivity contribution < 1.29 is 9.59 Å². The Balaban J connectivity index is 2.25. The Labute approximate surface area is 125 Å². The van der Waals surface area contributed by atoms with Gasteiger partial charge in [0.1, 0.15) is 5.54 Å². The van der Waals surface area contributed by atoms with E-state index in [0.29, 0.717) is 32.4 Å². The van der Waals surface area contributed by atoms with Gasteiger partial charge in [0, 0.05) is 18.7 Å². The summed E-state index contributed by atoms with van der Waals surface area (Å²) in [7, 11) is 0. The summed E-state index contributed by atoms with van der Waals surface area (Å²) in [5, 5.41) is 2.92. The number of rotatable bonds is 4. The predicted octanol–water partition coefficient (Wildman–Crippen LogP) is 1.80. The van der Waals surface area contributed by atoms with Gasteiger partial charge in [0.15, 0.2) is 0 Å². The average molecular weight is 289 g/mol. The van der Waals surface area contributed by atoms with Crippen LogP contribution in [0.3, 0.4) is 0 Å². The lowest BCUT2D eigenvalue weighted by Crippen LogP contribution is -2.56. The minimum absolute atomic E-state index is 0.00153. The molecule has 1 saturated heterocycles. The van der Waals surface area contributed by atoms with Crippen LogP contribution in [0.25, 0.3) is 0 Å². The quantitative estimate of drug-likeness (QED) is 0.919. The molecular formula is C16H23N3O2. The first kappa shape index (κ1) is 15.5. The zero-order valence-corrected chi connectivity index (χ0v) is 13.0. The number of nitrogens with one attached hydrogen (secondary N) is 1. The van der Waals surface area contributed by atoms with E-state index in [1.165, 1.54) is 0 Å². The van der Waals surface area contributed by atoms with Crippen molar-refractivity contribution >= 4 is 11.8 Å². The largest absolute Gasteiger partial charge is 0.342 e. The smallest absolute Gasteiger partial charge is 0.248 e. The van der Waals surface area contributed by atoms with E-state index in [0.717, 1.165) is 11.4 Å². The van der Waals surface area contributed by atoms with Crippen molar-refractivity contribution in [2.45, 2.75) is 52.1 Å². The molecule has 0 aromatic carbocycles. The van der Waals surface area contributed by atoms with Gasteiger partial charge in [-0.2, -0.15) is 0 Å². The molecule has 0 aliphatic carbocycles. The third kappa shape index (κ3) is 3.23. The number of pyridine rings is 1. The summed E-state index contributed by atoms with van der Waals surface area (Å²) >= 11 is 0. The standard InChI is InChI=1S/C16H23N3O2/c1-4-16(5-2)15(21)19(10-9-14(20)18-16)11-13-8-6-7-12(3)17-13/h6-8H,4-5,9-11H2,1-3H3,(H,18,20). The number of aryl methyl sites for hydroxylation is 1. The first-order valence-electron chi connectivity index (χ1n) is 7.53. The van der Waals surface area contributed by atoms with Crippen LogP contribution >= 0.6 is 0 Å². The van der Waals surface area contributed by atoms with Gasteiger partial charge in [0.2, 0.25) is 11.8 Å². The van der Waals surface area contributed by atoms with E-state index in [2.05, 4.69) is 10.3 Å². The molecule has 1 N–H and O–H groups in total. The lowest BCUT2D eigenvalue weighted by Gasteiger charge is -2.33. The van der Waals surface area contributed by atoms with Crippen molar-refractivity contribution in [3.05, 3.63) is 29.6 Å². The molecular weight excluding hydrogens is 266 g/mol. The second kappa shape index (κ2) is 6.24. The Morgan fingerprint density at radius 1 is 1.29 bits per heavy atom. The highest BCUT2D eigenvalue weighted by molar-refractivity contribution is 5.93.